The zero-order chi connectivity index (χ0) is 21.8. The van der Waals surface area contributed by atoms with E-state index in [0.29, 0.717) is 43.6 Å². The lowest BCUT2D eigenvalue weighted by Crippen LogP contribution is -2.53. The summed E-state index contributed by atoms with van der Waals surface area (Å²) < 4.78 is 1.69. The lowest BCUT2D eigenvalue weighted by Gasteiger charge is -2.33. The van der Waals surface area contributed by atoms with Gasteiger partial charge < -0.3 is 15.5 Å². The Morgan fingerprint density at radius 2 is 1.81 bits per heavy atom. The number of nitrogens with one attached hydrogen (secondary N) is 2. The Bertz CT molecular complexity index is 966. The molecular weight excluding hydrogens is 420 g/mol. The number of anilines is 1. The molecule has 3 amide bonds. The summed E-state index contributed by atoms with van der Waals surface area (Å²) in [7, 11) is 0. The minimum Gasteiger partial charge on any atom is -0.345 e. The fourth-order valence-electron chi connectivity index (χ4n) is 3.47. The van der Waals surface area contributed by atoms with E-state index >= 15 is 0 Å². The van der Waals surface area contributed by atoms with Gasteiger partial charge in [-0.1, -0.05) is 29.8 Å². The molecule has 10 heteroatoms. The van der Waals surface area contributed by atoms with Crippen LogP contribution in [0, 0.1) is 0 Å². The van der Waals surface area contributed by atoms with Crippen molar-refractivity contribution in [3.63, 3.8) is 0 Å². The van der Waals surface area contributed by atoms with Gasteiger partial charge in [0.15, 0.2) is 0 Å². The van der Waals surface area contributed by atoms with Gasteiger partial charge in [0.2, 0.25) is 5.91 Å². The highest BCUT2D eigenvalue weighted by atomic mass is 35.5. The van der Waals surface area contributed by atoms with E-state index in [2.05, 4.69) is 15.7 Å². The molecule has 1 aromatic heterocycles. The number of hydrogen-bond donors (Lipinski definition) is 2. The largest absolute Gasteiger partial charge is 0.345 e. The Hall–Kier alpha value is -2.91. The van der Waals surface area contributed by atoms with Gasteiger partial charge in [0.1, 0.15) is 5.82 Å². The number of hydrogen-bond acceptors (Lipinski definition) is 5. The zero-order valence-electron chi connectivity index (χ0n) is 17.1. The predicted molar refractivity (Wildman–Crippen MR) is 116 cm³/mol. The highest BCUT2D eigenvalue weighted by Gasteiger charge is 2.31. The number of amides is 3. The van der Waals surface area contributed by atoms with Crippen LogP contribution in [0.2, 0.25) is 5.02 Å². The molecule has 1 saturated heterocycles. The molecule has 1 saturated carbocycles. The van der Waals surface area contributed by atoms with Gasteiger partial charge in [-0.25, -0.2) is 4.68 Å². The van der Waals surface area contributed by atoms with Crippen LogP contribution >= 0.6 is 11.6 Å². The second-order valence-electron chi connectivity index (χ2n) is 7.83. The maximum absolute atomic E-state index is 12.5. The number of nitrogens with zero attached hydrogens (tertiary/aromatic N) is 4. The monoisotopic (exact) mass is 444 g/mol. The number of aromatic nitrogens is 2. The van der Waals surface area contributed by atoms with Gasteiger partial charge >= 0.3 is 11.8 Å². The first kappa shape index (κ1) is 21.3. The summed E-state index contributed by atoms with van der Waals surface area (Å²) in [5.41, 5.74) is 0.912. The molecule has 0 bridgehead atoms. The third kappa shape index (κ3) is 5.62. The fourth-order valence-corrected chi connectivity index (χ4v) is 3.66. The Kier molecular flexibility index (Phi) is 6.53. The van der Waals surface area contributed by atoms with Crippen molar-refractivity contribution >= 4 is 35.1 Å². The predicted octanol–water partition coefficient (Wildman–Crippen LogP) is 0.946. The minimum absolute atomic E-state index is 0.160. The fraction of sp³-hybridized carbons (Fsp3) is 0.429. The maximum Gasteiger partial charge on any atom is 0.311 e. The molecule has 2 heterocycles. The molecule has 4 rings (SSSR count). The number of benzene rings is 1. The molecule has 1 aliphatic carbocycles. The summed E-state index contributed by atoms with van der Waals surface area (Å²) in [5, 5.41) is 10.5. The Labute approximate surface area is 185 Å². The van der Waals surface area contributed by atoms with Crippen molar-refractivity contribution in [2.24, 2.45) is 0 Å². The molecule has 0 spiro atoms. The first-order valence-electron chi connectivity index (χ1n) is 10.4. The van der Waals surface area contributed by atoms with Crippen LogP contribution in [0.1, 0.15) is 18.4 Å². The van der Waals surface area contributed by atoms with Crippen LogP contribution in [-0.4, -0.2) is 76.1 Å². The molecular formula is C21H25ClN6O3. The topological polar surface area (TPSA) is 99.6 Å². The molecule has 1 aromatic carbocycles. The number of carbonyl (C=O) groups excluding carboxylic acids is 3. The number of halogens is 1. The van der Waals surface area contributed by atoms with Crippen molar-refractivity contribution in [1.29, 1.82) is 0 Å². The van der Waals surface area contributed by atoms with Crippen molar-refractivity contribution < 1.29 is 14.4 Å². The third-order valence-corrected chi connectivity index (χ3v) is 5.76. The van der Waals surface area contributed by atoms with Crippen LogP contribution in [0.4, 0.5) is 5.82 Å². The summed E-state index contributed by atoms with van der Waals surface area (Å²) in [6.07, 6.45) is 3.52. The first-order valence-corrected chi connectivity index (χ1v) is 10.7. The van der Waals surface area contributed by atoms with Crippen molar-refractivity contribution in [2.75, 3.05) is 38.0 Å². The van der Waals surface area contributed by atoms with E-state index in [4.69, 9.17) is 11.6 Å². The molecule has 0 unspecified atom stereocenters. The molecule has 164 valence electrons. The van der Waals surface area contributed by atoms with Crippen molar-refractivity contribution in [3.05, 3.63) is 47.1 Å². The van der Waals surface area contributed by atoms with Crippen LogP contribution in [0.25, 0.3) is 0 Å². The lowest BCUT2D eigenvalue weighted by molar-refractivity contribution is -0.147. The quantitative estimate of drug-likeness (QED) is 0.646. The molecule has 9 nitrogen and oxygen atoms in total. The van der Waals surface area contributed by atoms with E-state index < -0.39 is 11.8 Å². The Morgan fingerprint density at radius 3 is 2.52 bits per heavy atom. The first-order chi connectivity index (χ1) is 15.0. The molecule has 2 fully saturated rings. The highest BCUT2D eigenvalue weighted by molar-refractivity contribution is 6.35. The zero-order valence-corrected chi connectivity index (χ0v) is 17.8. The molecule has 2 aliphatic rings. The average Bonchev–Trinajstić information content (AvgIpc) is 3.47. The number of carbonyl (C=O) groups is 3. The summed E-state index contributed by atoms with van der Waals surface area (Å²) >= 11 is 6.22. The molecule has 0 atom stereocenters. The van der Waals surface area contributed by atoms with Crippen molar-refractivity contribution in [2.45, 2.75) is 25.4 Å². The SMILES string of the molecule is O=C(CN1CCN(C(=O)C(=O)NC2CC2)CC1)Nc1ccnn1Cc1ccccc1Cl. The van der Waals surface area contributed by atoms with E-state index in [0.717, 1.165) is 18.4 Å². The van der Waals surface area contributed by atoms with E-state index in [1.165, 1.54) is 0 Å². The Balaban J connectivity index is 1.25. The summed E-state index contributed by atoms with van der Waals surface area (Å²) in [6.45, 7) is 2.58. The van der Waals surface area contributed by atoms with Gasteiger partial charge in [-0.3, -0.25) is 19.3 Å². The van der Waals surface area contributed by atoms with Crippen LogP contribution in [0.3, 0.4) is 0 Å². The van der Waals surface area contributed by atoms with Gasteiger partial charge in [0, 0.05) is 43.3 Å². The number of piperazine rings is 1. The average molecular weight is 445 g/mol. The van der Waals surface area contributed by atoms with Crippen LogP contribution in [0.15, 0.2) is 36.5 Å². The second-order valence-corrected chi connectivity index (χ2v) is 8.24. The normalized spacial score (nSPS) is 16.7. The molecule has 1 aliphatic heterocycles. The summed E-state index contributed by atoms with van der Waals surface area (Å²) in [4.78, 5) is 40.2. The Morgan fingerprint density at radius 1 is 1.06 bits per heavy atom. The van der Waals surface area contributed by atoms with E-state index in [-0.39, 0.29) is 18.5 Å². The lowest BCUT2D eigenvalue weighted by atomic mass is 10.2. The van der Waals surface area contributed by atoms with Crippen molar-refractivity contribution in [1.82, 2.24) is 24.9 Å². The second kappa shape index (κ2) is 9.49. The molecule has 0 radical (unpaired) electrons. The highest BCUT2D eigenvalue weighted by Crippen LogP contribution is 2.19. The van der Waals surface area contributed by atoms with Crippen LogP contribution in [-0.2, 0) is 20.9 Å². The van der Waals surface area contributed by atoms with Gasteiger partial charge in [-0.2, -0.15) is 5.10 Å². The van der Waals surface area contributed by atoms with Gasteiger partial charge in [-0.15, -0.1) is 0 Å². The van der Waals surface area contributed by atoms with Crippen LogP contribution < -0.4 is 10.6 Å². The van der Waals surface area contributed by atoms with Crippen LogP contribution in [0.5, 0.6) is 0 Å². The van der Waals surface area contributed by atoms with Gasteiger partial charge in [-0.05, 0) is 24.5 Å². The standard InChI is InChI=1S/C21H25ClN6O3/c22-17-4-2-1-3-15(17)13-28-18(7-8-23-28)25-19(29)14-26-9-11-27(12-10-26)21(31)20(30)24-16-5-6-16/h1-4,7-8,16H,5-6,9-14H2,(H,24,30)(H,25,29). The summed E-state index contributed by atoms with van der Waals surface area (Å²) in [5.74, 6) is -0.581. The van der Waals surface area contributed by atoms with Gasteiger partial charge in [0.05, 0.1) is 19.3 Å². The van der Waals surface area contributed by atoms with E-state index in [1.54, 1.807) is 21.8 Å². The maximum atomic E-state index is 12.5. The smallest absolute Gasteiger partial charge is 0.311 e. The molecule has 2 N–H and O–H groups in total. The molecule has 2 aromatic rings. The van der Waals surface area contributed by atoms with Gasteiger partial charge in [0.25, 0.3) is 0 Å². The summed E-state index contributed by atoms with van der Waals surface area (Å²) in [6, 6.07) is 9.41. The third-order valence-electron chi connectivity index (χ3n) is 5.40. The minimum atomic E-state index is -0.527. The van der Waals surface area contributed by atoms with Crippen molar-refractivity contribution in [3.8, 4) is 0 Å². The number of rotatable bonds is 6. The van der Waals surface area contributed by atoms with E-state index in [1.807, 2.05) is 29.2 Å². The van der Waals surface area contributed by atoms with E-state index in [9.17, 15) is 14.4 Å². The molecule has 31 heavy (non-hydrogen) atoms.